The second kappa shape index (κ2) is 9.74. The van der Waals surface area contributed by atoms with Gasteiger partial charge in [0.1, 0.15) is 5.82 Å². The fourth-order valence-electron chi connectivity index (χ4n) is 2.28. The van der Waals surface area contributed by atoms with Crippen LogP contribution in [0.15, 0.2) is 18.2 Å². The largest absolute Gasteiger partial charge is 0.383 e. The molecule has 0 amide bonds. The molecule has 0 spiro atoms. The number of halogens is 1. The van der Waals surface area contributed by atoms with Crippen molar-refractivity contribution in [1.29, 1.82) is 0 Å². The molecule has 0 aliphatic carbocycles. The van der Waals surface area contributed by atoms with E-state index in [1.54, 1.807) is 13.2 Å². The second-order valence-electron chi connectivity index (χ2n) is 5.80. The molecule has 0 unspecified atom stereocenters. The summed E-state index contributed by atoms with van der Waals surface area (Å²) in [5.74, 6) is 0.328. The van der Waals surface area contributed by atoms with Gasteiger partial charge in [-0.1, -0.05) is 26.8 Å². The Bertz CT molecular complexity index is 410. The molecule has 0 atom stereocenters. The van der Waals surface area contributed by atoms with E-state index in [9.17, 15) is 4.39 Å². The van der Waals surface area contributed by atoms with E-state index in [1.165, 1.54) is 0 Å². The van der Waals surface area contributed by atoms with Crippen LogP contribution < -0.4 is 10.2 Å². The SMILES string of the molecule is CCCNCc1ccc(N(CCOC)CC(C)C)c(F)c1. The third-order valence-electron chi connectivity index (χ3n) is 3.26. The first-order valence-electron chi connectivity index (χ1n) is 7.81. The van der Waals surface area contributed by atoms with Crippen LogP contribution in [0, 0.1) is 11.7 Å². The van der Waals surface area contributed by atoms with E-state index >= 15 is 0 Å². The van der Waals surface area contributed by atoms with Gasteiger partial charge in [-0.25, -0.2) is 4.39 Å². The summed E-state index contributed by atoms with van der Waals surface area (Å²) in [6, 6.07) is 5.52. The van der Waals surface area contributed by atoms with Crippen molar-refractivity contribution in [2.24, 2.45) is 5.92 Å². The zero-order chi connectivity index (χ0) is 15.7. The summed E-state index contributed by atoms with van der Waals surface area (Å²) in [6.07, 6.45) is 1.08. The molecule has 0 radical (unpaired) electrons. The number of nitrogens with zero attached hydrogens (tertiary/aromatic N) is 1. The standard InChI is InChI=1S/C17H29FN2O/c1-5-8-19-12-15-6-7-17(16(18)11-15)20(9-10-21-4)13-14(2)3/h6-7,11,14,19H,5,8-10,12-13H2,1-4H3. The van der Waals surface area contributed by atoms with Gasteiger partial charge in [-0.2, -0.15) is 0 Å². The van der Waals surface area contributed by atoms with E-state index in [2.05, 4.69) is 31.0 Å². The molecule has 4 heteroatoms. The fourth-order valence-corrected chi connectivity index (χ4v) is 2.28. The van der Waals surface area contributed by atoms with Crippen molar-refractivity contribution >= 4 is 5.69 Å². The van der Waals surface area contributed by atoms with Gasteiger partial charge < -0.3 is 15.0 Å². The molecular formula is C17H29FN2O. The predicted molar refractivity (Wildman–Crippen MR) is 87.3 cm³/mol. The van der Waals surface area contributed by atoms with Gasteiger partial charge in [0, 0.05) is 26.7 Å². The predicted octanol–water partition coefficient (Wildman–Crippen LogP) is 3.43. The molecule has 1 rings (SSSR count). The minimum atomic E-state index is -0.150. The summed E-state index contributed by atoms with van der Waals surface area (Å²) >= 11 is 0. The second-order valence-corrected chi connectivity index (χ2v) is 5.80. The van der Waals surface area contributed by atoms with Gasteiger partial charge in [-0.05, 0) is 36.6 Å². The Morgan fingerprint density at radius 3 is 2.67 bits per heavy atom. The van der Waals surface area contributed by atoms with E-state index in [4.69, 9.17) is 4.74 Å². The first-order valence-corrected chi connectivity index (χ1v) is 7.81. The number of hydrogen-bond acceptors (Lipinski definition) is 3. The Morgan fingerprint density at radius 1 is 1.33 bits per heavy atom. The van der Waals surface area contributed by atoms with Crippen LogP contribution in [0.3, 0.4) is 0 Å². The highest BCUT2D eigenvalue weighted by Gasteiger charge is 2.13. The number of nitrogens with one attached hydrogen (secondary N) is 1. The first kappa shape index (κ1) is 17.9. The van der Waals surface area contributed by atoms with Crippen LogP contribution in [0.2, 0.25) is 0 Å². The van der Waals surface area contributed by atoms with Crippen LogP contribution in [0.1, 0.15) is 32.8 Å². The lowest BCUT2D eigenvalue weighted by atomic mass is 10.1. The maximum absolute atomic E-state index is 14.4. The monoisotopic (exact) mass is 296 g/mol. The van der Waals surface area contributed by atoms with Gasteiger partial charge in [-0.15, -0.1) is 0 Å². The molecule has 1 aromatic rings. The lowest BCUT2D eigenvalue weighted by Gasteiger charge is -2.27. The van der Waals surface area contributed by atoms with Crippen LogP contribution in [-0.4, -0.2) is 33.4 Å². The molecule has 1 N–H and O–H groups in total. The molecule has 120 valence electrons. The summed E-state index contributed by atoms with van der Waals surface area (Å²) in [5, 5.41) is 3.29. The third kappa shape index (κ3) is 6.44. The molecule has 0 saturated heterocycles. The number of anilines is 1. The highest BCUT2D eigenvalue weighted by molar-refractivity contribution is 5.49. The van der Waals surface area contributed by atoms with Crippen molar-refractivity contribution in [3.8, 4) is 0 Å². The third-order valence-corrected chi connectivity index (χ3v) is 3.26. The Kier molecular flexibility index (Phi) is 8.31. The van der Waals surface area contributed by atoms with Crippen LogP contribution in [0.5, 0.6) is 0 Å². The van der Waals surface area contributed by atoms with E-state index in [1.807, 2.05) is 12.1 Å². The van der Waals surface area contributed by atoms with Crippen LogP contribution in [0.25, 0.3) is 0 Å². The lowest BCUT2D eigenvalue weighted by Crippen LogP contribution is -2.31. The van der Waals surface area contributed by atoms with E-state index in [-0.39, 0.29) is 5.82 Å². The number of ether oxygens (including phenoxy) is 1. The summed E-state index contributed by atoms with van der Waals surface area (Å²) in [5.41, 5.74) is 1.65. The Balaban J connectivity index is 2.78. The van der Waals surface area contributed by atoms with Gasteiger partial charge in [0.15, 0.2) is 0 Å². The van der Waals surface area contributed by atoms with Gasteiger partial charge >= 0.3 is 0 Å². The smallest absolute Gasteiger partial charge is 0.146 e. The zero-order valence-corrected chi connectivity index (χ0v) is 13.8. The minimum absolute atomic E-state index is 0.150. The average molecular weight is 296 g/mol. The number of rotatable bonds is 10. The molecule has 0 aliphatic rings. The van der Waals surface area contributed by atoms with E-state index in [0.29, 0.717) is 31.3 Å². The van der Waals surface area contributed by atoms with Crippen molar-refractivity contribution < 1.29 is 9.13 Å². The molecule has 0 fully saturated rings. The average Bonchev–Trinajstić information content (AvgIpc) is 2.44. The van der Waals surface area contributed by atoms with Crippen LogP contribution in [-0.2, 0) is 11.3 Å². The molecule has 0 bridgehead atoms. The molecule has 0 aromatic heterocycles. The Hall–Kier alpha value is -1.13. The first-order chi connectivity index (χ1) is 10.1. The molecule has 0 heterocycles. The maximum atomic E-state index is 14.4. The quantitative estimate of drug-likeness (QED) is 0.669. The van der Waals surface area contributed by atoms with Crippen molar-refractivity contribution in [1.82, 2.24) is 5.32 Å². The fraction of sp³-hybridized carbons (Fsp3) is 0.647. The lowest BCUT2D eigenvalue weighted by molar-refractivity contribution is 0.204. The summed E-state index contributed by atoms with van der Waals surface area (Å²) < 4.78 is 19.5. The summed E-state index contributed by atoms with van der Waals surface area (Å²) in [6.45, 7) is 10.2. The highest BCUT2D eigenvalue weighted by Crippen LogP contribution is 2.21. The molecule has 1 aromatic carbocycles. The maximum Gasteiger partial charge on any atom is 0.146 e. The van der Waals surface area contributed by atoms with Gasteiger partial charge in [-0.3, -0.25) is 0 Å². The van der Waals surface area contributed by atoms with Crippen molar-refractivity contribution in [3.05, 3.63) is 29.6 Å². The van der Waals surface area contributed by atoms with Crippen LogP contribution >= 0.6 is 0 Å². The summed E-state index contributed by atoms with van der Waals surface area (Å²) in [7, 11) is 1.67. The molecule has 0 saturated carbocycles. The van der Waals surface area contributed by atoms with Gasteiger partial charge in [0.05, 0.1) is 12.3 Å². The topological polar surface area (TPSA) is 24.5 Å². The van der Waals surface area contributed by atoms with Crippen molar-refractivity contribution in [3.63, 3.8) is 0 Å². The van der Waals surface area contributed by atoms with Gasteiger partial charge in [0.25, 0.3) is 0 Å². The minimum Gasteiger partial charge on any atom is -0.383 e. The highest BCUT2D eigenvalue weighted by atomic mass is 19.1. The number of methoxy groups -OCH3 is 1. The zero-order valence-electron chi connectivity index (χ0n) is 13.8. The van der Waals surface area contributed by atoms with Gasteiger partial charge in [0.2, 0.25) is 0 Å². The molecule has 21 heavy (non-hydrogen) atoms. The number of hydrogen-bond donors (Lipinski definition) is 1. The number of benzene rings is 1. The van der Waals surface area contributed by atoms with E-state index < -0.39 is 0 Å². The Labute approximate surface area is 128 Å². The normalized spacial score (nSPS) is 11.1. The van der Waals surface area contributed by atoms with Crippen LogP contribution in [0.4, 0.5) is 10.1 Å². The Morgan fingerprint density at radius 2 is 2.10 bits per heavy atom. The molecule has 3 nitrogen and oxygen atoms in total. The molecule has 0 aliphatic heterocycles. The van der Waals surface area contributed by atoms with E-state index in [0.717, 1.165) is 25.1 Å². The molecular weight excluding hydrogens is 267 g/mol. The van der Waals surface area contributed by atoms with Crippen molar-refractivity contribution in [2.75, 3.05) is 38.3 Å². The van der Waals surface area contributed by atoms with Crippen molar-refractivity contribution in [2.45, 2.75) is 33.7 Å². The summed E-state index contributed by atoms with van der Waals surface area (Å²) in [4.78, 5) is 2.06.